The average molecular weight is 336 g/mol. The van der Waals surface area contributed by atoms with E-state index in [1.165, 1.54) is 11.3 Å². The summed E-state index contributed by atoms with van der Waals surface area (Å²) in [6.45, 7) is 5.89. The first-order chi connectivity index (χ1) is 10.5. The lowest BCUT2D eigenvalue weighted by Gasteiger charge is -2.18. The molecule has 116 valence electrons. The molecule has 1 heterocycles. The Balaban J connectivity index is 2.75. The zero-order chi connectivity index (χ0) is 16.3. The SMILES string of the molecule is C=C(c1csc(=NC(=O)CC)n1-c1ccccc1Cl)N(C)C. The van der Waals surface area contributed by atoms with E-state index in [4.69, 9.17) is 11.6 Å². The van der Waals surface area contributed by atoms with E-state index in [2.05, 4.69) is 11.6 Å². The van der Waals surface area contributed by atoms with Gasteiger partial charge in [-0.1, -0.05) is 37.2 Å². The van der Waals surface area contributed by atoms with Crippen LogP contribution in [0.1, 0.15) is 19.0 Å². The molecule has 0 N–H and O–H groups in total. The van der Waals surface area contributed by atoms with E-state index < -0.39 is 0 Å². The van der Waals surface area contributed by atoms with Gasteiger partial charge in [0.15, 0.2) is 4.80 Å². The zero-order valence-corrected chi connectivity index (χ0v) is 14.4. The van der Waals surface area contributed by atoms with Gasteiger partial charge in [0.2, 0.25) is 5.91 Å². The molecule has 2 aromatic rings. The van der Waals surface area contributed by atoms with Crippen molar-refractivity contribution in [2.45, 2.75) is 13.3 Å². The van der Waals surface area contributed by atoms with Gasteiger partial charge in [-0.25, -0.2) is 0 Å². The lowest BCUT2D eigenvalue weighted by atomic mass is 10.3. The minimum absolute atomic E-state index is 0.162. The minimum Gasteiger partial charge on any atom is -0.376 e. The maximum atomic E-state index is 11.7. The van der Waals surface area contributed by atoms with Crippen LogP contribution in [0.25, 0.3) is 11.4 Å². The fourth-order valence-electron chi connectivity index (χ4n) is 1.87. The van der Waals surface area contributed by atoms with Crippen LogP contribution in [0.15, 0.2) is 41.2 Å². The highest BCUT2D eigenvalue weighted by Crippen LogP contribution is 2.24. The second-order valence-corrected chi connectivity index (χ2v) is 6.13. The van der Waals surface area contributed by atoms with Crippen molar-refractivity contribution in [1.29, 1.82) is 0 Å². The Morgan fingerprint density at radius 3 is 2.68 bits per heavy atom. The summed E-state index contributed by atoms with van der Waals surface area (Å²) in [5.74, 6) is -0.162. The highest BCUT2D eigenvalue weighted by atomic mass is 35.5. The first-order valence-corrected chi connectivity index (χ1v) is 8.11. The van der Waals surface area contributed by atoms with Crippen LogP contribution in [0, 0.1) is 0 Å². The van der Waals surface area contributed by atoms with Crippen LogP contribution < -0.4 is 4.80 Å². The molecule has 0 saturated heterocycles. The molecule has 1 aromatic carbocycles. The van der Waals surface area contributed by atoms with E-state index in [0.29, 0.717) is 16.2 Å². The van der Waals surface area contributed by atoms with Gasteiger partial charge in [-0.2, -0.15) is 4.99 Å². The number of nitrogens with zero attached hydrogens (tertiary/aromatic N) is 3. The van der Waals surface area contributed by atoms with Gasteiger partial charge in [0.05, 0.1) is 22.1 Å². The quantitative estimate of drug-likeness (QED) is 0.856. The summed E-state index contributed by atoms with van der Waals surface area (Å²) in [7, 11) is 3.84. The summed E-state index contributed by atoms with van der Waals surface area (Å²) in [5, 5.41) is 2.53. The van der Waals surface area contributed by atoms with E-state index in [0.717, 1.165) is 17.1 Å². The number of hydrogen-bond acceptors (Lipinski definition) is 3. The number of thiazole rings is 1. The lowest BCUT2D eigenvalue weighted by molar-refractivity contribution is -0.117. The summed E-state index contributed by atoms with van der Waals surface area (Å²) in [6, 6.07) is 7.48. The largest absolute Gasteiger partial charge is 0.376 e. The first kappa shape index (κ1) is 16.5. The Hall–Kier alpha value is -1.85. The molecule has 0 unspecified atom stereocenters. The Labute approximate surface area is 139 Å². The summed E-state index contributed by atoms with van der Waals surface area (Å²) in [4.78, 5) is 18.4. The van der Waals surface area contributed by atoms with Crippen LogP contribution >= 0.6 is 22.9 Å². The molecule has 0 atom stereocenters. The normalized spacial score (nSPS) is 11.5. The van der Waals surface area contributed by atoms with Gasteiger partial charge >= 0.3 is 0 Å². The molecular formula is C16H18ClN3OS. The summed E-state index contributed by atoms with van der Waals surface area (Å²) in [6.07, 6.45) is 0.365. The fourth-order valence-corrected chi connectivity index (χ4v) is 3.01. The summed E-state index contributed by atoms with van der Waals surface area (Å²) < 4.78 is 1.88. The molecule has 0 bridgehead atoms. The number of amides is 1. The molecule has 0 spiro atoms. The third-order valence-electron chi connectivity index (χ3n) is 3.16. The van der Waals surface area contributed by atoms with Crippen LogP contribution in [-0.2, 0) is 4.79 Å². The molecule has 0 radical (unpaired) electrons. The van der Waals surface area contributed by atoms with E-state index in [9.17, 15) is 4.79 Å². The van der Waals surface area contributed by atoms with Crippen molar-refractivity contribution in [3.8, 4) is 5.69 Å². The van der Waals surface area contributed by atoms with Gasteiger partial charge in [-0.3, -0.25) is 9.36 Å². The Bertz CT molecular complexity index is 774. The number of halogens is 1. The minimum atomic E-state index is -0.162. The smallest absolute Gasteiger partial charge is 0.248 e. The van der Waals surface area contributed by atoms with Gasteiger partial charge in [-0.05, 0) is 12.1 Å². The Kier molecular flexibility index (Phi) is 5.21. The highest BCUT2D eigenvalue weighted by molar-refractivity contribution is 7.07. The molecule has 22 heavy (non-hydrogen) atoms. The maximum absolute atomic E-state index is 11.7. The molecule has 0 aliphatic carbocycles. The predicted molar refractivity (Wildman–Crippen MR) is 92.2 cm³/mol. The van der Waals surface area contributed by atoms with E-state index >= 15 is 0 Å². The number of carbonyl (C=O) groups is 1. The number of para-hydroxylation sites is 1. The van der Waals surface area contributed by atoms with Crippen molar-refractivity contribution >= 4 is 34.5 Å². The number of carbonyl (C=O) groups excluding carboxylic acids is 1. The monoisotopic (exact) mass is 335 g/mol. The standard InChI is InChI=1S/C16H18ClN3OS/c1-5-15(21)18-16-20(13-9-7-6-8-12(13)17)14(10-22-16)11(2)19(3)4/h6-10H,2,5H2,1,3-4H3. The number of benzene rings is 1. The second-order valence-electron chi connectivity index (χ2n) is 4.89. The molecular weight excluding hydrogens is 318 g/mol. The average Bonchev–Trinajstić information content (AvgIpc) is 2.90. The van der Waals surface area contributed by atoms with Gasteiger partial charge in [0, 0.05) is 25.9 Å². The van der Waals surface area contributed by atoms with Crippen LogP contribution in [0.2, 0.25) is 5.02 Å². The summed E-state index contributed by atoms with van der Waals surface area (Å²) in [5.41, 5.74) is 2.47. The van der Waals surface area contributed by atoms with Crippen molar-refractivity contribution in [1.82, 2.24) is 9.47 Å². The number of aromatic nitrogens is 1. The predicted octanol–water partition coefficient (Wildman–Crippen LogP) is 3.56. The van der Waals surface area contributed by atoms with Gasteiger partial charge in [0.25, 0.3) is 0 Å². The lowest BCUT2D eigenvalue weighted by Crippen LogP contribution is -2.20. The van der Waals surface area contributed by atoms with E-state index in [1.54, 1.807) is 6.92 Å². The molecule has 6 heteroatoms. The van der Waals surface area contributed by atoms with Crippen molar-refractivity contribution in [2.75, 3.05) is 14.1 Å². The fraction of sp³-hybridized carbons (Fsp3) is 0.250. The molecule has 1 amide bonds. The van der Waals surface area contributed by atoms with Crippen molar-refractivity contribution in [3.05, 3.63) is 51.7 Å². The molecule has 2 rings (SSSR count). The van der Waals surface area contributed by atoms with Gasteiger partial charge in [-0.15, -0.1) is 11.3 Å². The summed E-state index contributed by atoms with van der Waals surface area (Å²) >= 11 is 7.73. The number of hydrogen-bond donors (Lipinski definition) is 0. The third-order valence-corrected chi connectivity index (χ3v) is 4.31. The van der Waals surface area contributed by atoms with Crippen LogP contribution in [0.4, 0.5) is 0 Å². The topological polar surface area (TPSA) is 37.6 Å². The van der Waals surface area contributed by atoms with Crippen LogP contribution in [0.3, 0.4) is 0 Å². The third kappa shape index (κ3) is 3.31. The molecule has 0 aliphatic heterocycles. The zero-order valence-electron chi connectivity index (χ0n) is 12.8. The van der Waals surface area contributed by atoms with Crippen molar-refractivity contribution in [3.63, 3.8) is 0 Å². The van der Waals surface area contributed by atoms with Crippen molar-refractivity contribution in [2.24, 2.45) is 4.99 Å². The number of rotatable bonds is 4. The second kappa shape index (κ2) is 6.94. The van der Waals surface area contributed by atoms with Crippen molar-refractivity contribution < 1.29 is 4.79 Å². The Morgan fingerprint density at radius 2 is 2.09 bits per heavy atom. The van der Waals surface area contributed by atoms with Crippen LogP contribution in [-0.4, -0.2) is 29.5 Å². The highest BCUT2D eigenvalue weighted by Gasteiger charge is 2.14. The van der Waals surface area contributed by atoms with Gasteiger partial charge in [0.1, 0.15) is 0 Å². The first-order valence-electron chi connectivity index (χ1n) is 6.85. The van der Waals surface area contributed by atoms with E-state index in [-0.39, 0.29) is 5.91 Å². The van der Waals surface area contributed by atoms with E-state index in [1.807, 2.05) is 53.2 Å². The molecule has 4 nitrogen and oxygen atoms in total. The molecule has 0 fully saturated rings. The molecule has 0 aliphatic rings. The molecule has 0 saturated carbocycles. The van der Waals surface area contributed by atoms with Gasteiger partial charge < -0.3 is 4.90 Å². The van der Waals surface area contributed by atoms with Crippen LogP contribution in [0.5, 0.6) is 0 Å². The Morgan fingerprint density at radius 1 is 1.41 bits per heavy atom. The maximum Gasteiger partial charge on any atom is 0.248 e. The molecule has 1 aromatic heterocycles.